The van der Waals surface area contributed by atoms with Crippen LogP contribution in [0.5, 0.6) is 5.75 Å². The molecule has 0 aliphatic heterocycles. The van der Waals surface area contributed by atoms with Crippen molar-refractivity contribution >= 4 is 5.78 Å². The summed E-state index contributed by atoms with van der Waals surface area (Å²) < 4.78 is 97.8. The van der Waals surface area contributed by atoms with E-state index in [-0.39, 0.29) is 11.6 Å². The van der Waals surface area contributed by atoms with E-state index in [0.717, 1.165) is 6.92 Å². The fourth-order valence-corrected chi connectivity index (χ4v) is 1.80. The largest absolute Gasteiger partial charge is 0.450 e. The number of alkyl halides is 1. The Kier molecular flexibility index (Phi) is 4.81. The summed E-state index contributed by atoms with van der Waals surface area (Å²) in [6, 6.07) is 1.03. The summed E-state index contributed by atoms with van der Waals surface area (Å²) in [7, 11) is 0. The highest BCUT2D eigenvalue weighted by Gasteiger charge is 2.27. The lowest BCUT2D eigenvalue weighted by atomic mass is 10.1. The van der Waals surface area contributed by atoms with Crippen LogP contribution in [-0.4, -0.2) is 5.78 Å². The molecule has 2 rings (SSSR count). The monoisotopic (exact) mass is 352 g/mol. The summed E-state index contributed by atoms with van der Waals surface area (Å²) in [4.78, 5) is 11.0. The average Bonchev–Trinajstić information content (AvgIpc) is 2.51. The zero-order chi connectivity index (χ0) is 18.2. The second kappa shape index (κ2) is 6.50. The Morgan fingerprint density at radius 2 is 1.42 bits per heavy atom. The molecule has 24 heavy (non-hydrogen) atoms. The molecular weight excluding hydrogens is 345 g/mol. The van der Waals surface area contributed by atoms with Crippen LogP contribution in [0.3, 0.4) is 0 Å². The van der Waals surface area contributed by atoms with E-state index >= 15 is 0 Å². The van der Waals surface area contributed by atoms with Crippen LogP contribution in [0.1, 0.15) is 29.2 Å². The normalized spacial score (nSPS) is 12.2. The van der Waals surface area contributed by atoms with Crippen molar-refractivity contribution in [1.82, 2.24) is 0 Å². The smallest absolute Gasteiger partial charge is 0.267 e. The Morgan fingerprint density at radius 1 is 0.875 bits per heavy atom. The van der Waals surface area contributed by atoms with E-state index in [1.165, 1.54) is 0 Å². The molecule has 2 nitrogen and oxygen atoms in total. The minimum Gasteiger partial charge on any atom is -0.450 e. The predicted molar refractivity (Wildman–Crippen MR) is 67.1 cm³/mol. The van der Waals surface area contributed by atoms with Gasteiger partial charge in [0.15, 0.2) is 46.4 Å². The lowest BCUT2D eigenvalue weighted by Gasteiger charge is -2.15. The first-order valence-electron chi connectivity index (χ1n) is 6.27. The number of ketones is 1. The van der Waals surface area contributed by atoms with Crippen LogP contribution in [0.15, 0.2) is 18.2 Å². The first-order valence-corrected chi connectivity index (χ1v) is 6.27. The fourth-order valence-electron chi connectivity index (χ4n) is 1.80. The van der Waals surface area contributed by atoms with Gasteiger partial charge in [-0.15, -0.1) is 0 Å². The maximum absolute atomic E-state index is 13.9. The van der Waals surface area contributed by atoms with Gasteiger partial charge in [0.1, 0.15) is 0 Å². The SMILES string of the molecule is CC(=O)c1cc(F)c(OC(F)c2cc(F)c(F)c(F)c2F)c(F)c1. The van der Waals surface area contributed by atoms with Gasteiger partial charge >= 0.3 is 0 Å². The summed E-state index contributed by atoms with van der Waals surface area (Å²) in [5.74, 6) is -13.5. The second-order valence-electron chi connectivity index (χ2n) is 4.65. The first kappa shape index (κ1) is 17.8. The lowest BCUT2D eigenvalue weighted by Crippen LogP contribution is -2.11. The molecular formula is C15H7F7O2. The number of carbonyl (C=O) groups excluding carboxylic acids is 1. The summed E-state index contributed by atoms with van der Waals surface area (Å²) in [6.07, 6.45) is -3.04. The van der Waals surface area contributed by atoms with Gasteiger partial charge < -0.3 is 4.74 Å². The molecule has 0 saturated heterocycles. The molecule has 0 saturated carbocycles. The van der Waals surface area contributed by atoms with Crippen LogP contribution in [0.25, 0.3) is 0 Å². The molecule has 0 radical (unpaired) electrons. The Hall–Kier alpha value is -2.58. The minimum atomic E-state index is -3.04. The van der Waals surface area contributed by atoms with Gasteiger partial charge in [0.25, 0.3) is 6.36 Å². The number of hydrogen-bond donors (Lipinski definition) is 0. The Balaban J connectivity index is 2.41. The average molecular weight is 352 g/mol. The van der Waals surface area contributed by atoms with Gasteiger partial charge in [-0.1, -0.05) is 0 Å². The number of halogens is 7. The first-order chi connectivity index (χ1) is 11.1. The Labute approximate surface area is 130 Å². The van der Waals surface area contributed by atoms with Gasteiger partial charge in [-0.05, 0) is 25.1 Å². The van der Waals surface area contributed by atoms with Crippen LogP contribution in [0.2, 0.25) is 0 Å². The quantitative estimate of drug-likeness (QED) is 0.343. The van der Waals surface area contributed by atoms with Crippen molar-refractivity contribution < 1.29 is 40.3 Å². The Bertz CT molecular complexity index is 797. The van der Waals surface area contributed by atoms with Crippen LogP contribution in [0.4, 0.5) is 30.7 Å². The zero-order valence-corrected chi connectivity index (χ0v) is 11.8. The molecule has 0 aromatic heterocycles. The number of Topliss-reactive ketones (excluding diaryl/α,β-unsaturated/α-hetero) is 1. The maximum atomic E-state index is 13.9. The topological polar surface area (TPSA) is 26.3 Å². The molecule has 0 aliphatic rings. The zero-order valence-electron chi connectivity index (χ0n) is 11.8. The van der Waals surface area contributed by atoms with Crippen molar-refractivity contribution in [3.63, 3.8) is 0 Å². The van der Waals surface area contributed by atoms with Crippen molar-refractivity contribution in [1.29, 1.82) is 0 Å². The highest BCUT2D eigenvalue weighted by atomic mass is 19.2. The van der Waals surface area contributed by atoms with E-state index in [9.17, 15) is 35.5 Å². The van der Waals surface area contributed by atoms with Crippen molar-refractivity contribution in [2.24, 2.45) is 0 Å². The van der Waals surface area contributed by atoms with E-state index in [1.807, 2.05) is 0 Å². The number of carbonyl (C=O) groups is 1. The summed E-state index contributed by atoms with van der Waals surface area (Å²) in [5, 5.41) is 0. The molecule has 0 bridgehead atoms. The van der Waals surface area contributed by atoms with Gasteiger partial charge in [-0.2, -0.15) is 4.39 Å². The number of hydrogen-bond acceptors (Lipinski definition) is 2. The highest BCUT2D eigenvalue weighted by Crippen LogP contribution is 2.32. The molecule has 1 atom stereocenters. The molecule has 0 fully saturated rings. The van der Waals surface area contributed by atoms with E-state index in [2.05, 4.69) is 4.74 Å². The summed E-state index contributed by atoms with van der Waals surface area (Å²) >= 11 is 0. The lowest BCUT2D eigenvalue weighted by molar-refractivity contribution is 0.0537. The third-order valence-electron chi connectivity index (χ3n) is 3.00. The molecule has 0 N–H and O–H groups in total. The van der Waals surface area contributed by atoms with Gasteiger partial charge in [-0.25, -0.2) is 26.3 Å². The molecule has 0 aliphatic carbocycles. The standard InChI is InChI=1S/C15H7F7O2/c1-5(23)6-2-9(17)14(10(18)3-6)24-15(22)7-4-8(16)12(20)13(21)11(7)19/h2-4,15H,1H3. The number of rotatable bonds is 4. The third-order valence-corrected chi connectivity index (χ3v) is 3.00. The number of ether oxygens (including phenoxy) is 1. The third kappa shape index (κ3) is 3.19. The summed E-state index contributed by atoms with van der Waals surface area (Å²) in [5.41, 5.74) is -1.81. The van der Waals surface area contributed by atoms with Gasteiger partial charge in [0, 0.05) is 5.56 Å². The molecule has 0 amide bonds. The van der Waals surface area contributed by atoms with E-state index in [4.69, 9.17) is 0 Å². The molecule has 9 heteroatoms. The molecule has 0 spiro atoms. The fraction of sp³-hybridized carbons (Fsp3) is 0.133. The van der Waals surface area contributed by atoms with Crippen LogP contribution >= 0.6 is 0 Å². The van der Waals surface area contributed by atoms with E-state index in [1.54, 1.807) is 0 Å². The highest BCUT2D eigenvalue weighted by molar-refractivity contribution is 5.94. The van der Waals surface area contributed by atoms with Crippen molar-refractivity contribution in [3.05, 3.63) is 64.2 Å². The minimum absolute atomic E-state index is 0.0435. The van der Waals surface area contributed by atoms with Crippen LogP contribution in [-0.2, 0) is 0 Å². The van der Waals surface area contributed by atoms with Crippen LogP contribution in [0, 0.1) is 34.9 Å². The van der Waals surface area contributed by atoms with E-state index < -0.39 is 58.4 Å². The maximum Gasteiger partial charge on any atom is 0.267 e. The van der Waals surface area contributed by atoms with Gasteiger partial charge in [-0.3, -0.25) is 4.79 Å². The molecule has 0 heterocycles. The van der Waals surface area contributed by atoms with Crippen molar-refractivity contribution in [2.75, 3.05) is 0 Å². The molecule has 1 unspecified atom stereocenters. The van der Waals surface area contributed by atoms with Gasteiger partial charge in [0.2, 0.25) is 0 Å². The molecule has 128 valence electrons. The Morgan fingerprint density at radius 3 is 1.92 bits per heavy atom. The second-order valence-corrected chi connectivity index (χ2v) is 4.65. The van der Waals surface area contributed by atoms with E-state index in [0.29, 0.717) is 12.1 Å². The summed E-state index contributed by atoms with van der Waals surface area (Å²) in [6.45, 7) is 1.02. The van der Waals surface area contributed by atoms with Crippen molar-refractivity contribution in [3.8, 4) is 5.75 Å². The number of benzene rings is 2. The predicted octanol–water partition coefficient (Wildman–Crippen LogP) is 4.77. The van der Waals surface area contributed by atoms with Crippen LogP contribution < -0.4 is 4.74 Å². The van der Waals surface area contributed by atoms with Crippen molar-refractivity contribution in [2.45, 2.75) is 13.3 Å². The van der Waals surface area contributed by atoms with Gasteiger partial charge in [0.05, 0.1) is 5.56 Å². The molecule has 2 aromatic carbocycles. The molecule has 2 aromatic rings.